The molecule has 1 aliphatic rings. The maximum absolute atomic E-state index is 12.6. The molecule has 4 nitrogen and oxygen atoms in total. The van der Waals surface area contributed by atoms with Crippen molar-refractivity contribution in [3.63, 3.8) is 0 Å². The summed E-state index contributed by atoms with van der Waals surface area (Å²) >= 11 is 0. The van der Waals surface area contributed by atoms with Crippen molar-refractivity contribution in [1.29, 1.82) is 0 Å². The van der Waals surface area contributed by atoms with Crippen LogP contribution < -0.4 is 10.6 Å². The Morgan fingerprint density at radius 1 is 0.800 bits per heavy atom. The van der Waals surface area contributed by atoms with Gasteiger partial charge in [-0.2, -0.15) is 0 Å². The standard InChI is InChI=1S/C21H24N2O2/c24-20(22-15-16-9-3-1-4-10-16)18-13-7-8-14-19(18)21(25)23-17-11-5-2-6-12-17/h1,3-4,7-10,13-14,17H,2,5-6,11-12,15H2,(H,22,24)(H,23,25). The van der Waals surface area contributed by atoms with Crippen LogP contribution in [-0.4, -0.2) is 17.9 Å². The van der Waals surface area contributed by atoms with Crippen molar-refractivity contribution >= 4 is 11.8 Å². The molecule has 0 saturated heterocycles. The molecule has 0 aliphatic heterocycles. The second kappa shape index (κ2) is 8.47. The summed E-state index contributed by atoms with van der Waals surface area (Å²) in [5.41, 5.74) is 1.89. The van der Waals surface area contributed by atoms with Crippen molar-refractivity contribution in [3.05, 3.63) is 71.3 Å². The molecule has 130 valence electrons. The third-order valence-electron chi connectivity index (χ3n) is 4.65. The van der Waals surface area contributed by atoms with Crippen LogP contribution in [0.2, 0.25) is 0 Å². The zero-order chi connectivity index (χ0) is 17.5. The highest BCUT2D eigenvalue weighted by molar-refractivity contribution is 6.07. The van der Waals surface area contributed by atoms with Gasteiger partial charge < -0.3 is 10.6 Å². The van der Waals surface area contributed by atoms with E-state index in [4.69, 9.17) is 0 Å². The van der Waals surface area contributed by atoms with Gasteiger partial charge in [-0.3, -0.25) is 9.59 Å². The number of hydrogen-bond donors (Lipinski definition) is 2. The van der Waals surface area contributed by atoms with Gasteiger partial charge in [-0.15, -0.1) is 0 Å². The lowest BCUT2D eigenvalue weighted by atomic mass is 9.95. The van der Waals surface area contributed by atoms with E-state index in [1.165, 1.54) is 6.42 Å². The fourth-order valence-corrected chi connectivity index (χ4v) is 3.26. The molecule has 1 fully saturated rings. The Balaban J connectivity index is 1.67. The smallest absolute Gasteiger partial charge is 0.252 e. The molecule has 0 unspecified atom stereocenters. The zero-order valence-electron chi connectivity index (χ0n) is 14.3. The van der Waals surface area contributed by atoms with Crippen molar-refractivity contribution in [2.24, 2.45) is 0 Å². The topological polar surface area (TPSA) is 58.2 Å². The second-order valence-corrected chi connectivity index (χ2v) is 6.52. The van der Waals surface area contributed by atoms with E-state index in [1.54, 1.807) is 24.3 Å². The first-order valence-corrected chi connectivity index (χ1v) is 8.96. The van der Waals surface area contributed by atoms with E-state index in [0.29, 0.717) is 17.7 Å². The minimum atomic E-state index is -0.224. The highest BCUT2D eigenvalue weighted by Gasteiger charge is 2.20. The molecule has 3 rings (SSSR count). The Morgan fingerprint density at radius 2 is 1.40 bits per heavy atom. The van der Waals surface area contributed by atoms with Crippen molar-refractivity contribution in [2.75, 3.05) is 0 Å². The summed E-state index contributed by atoms with van der Waals surface area (Å²) in [6.07, 6.45) is 5.60. The lowest BCUT2D eigenvalue weighted by Crippen LogP contribution is -2.37. The van der Waals surface area contributed by atoms with Crippen molar-refractivity contribution in [2.45, 2.75) is 44.7 Å². The predicted molar refractivity (Wildman–Crippen MR) is 98.4 cm³/mol. The van der Waals surface area contributed by atoms with E-state index >= 15 is 0 Å². The number of benzene rings is 2. The summed E-state index contributed by atoms with van der Waals surface area (Å²) < 4.78 is 0. The van der Waals surface area contributed by atoms with Crippen LogP contribution in [0.15, 0.2) is 54.6 Å². The molecule has 0 spiro atoms. The number of carbonyl (C=O) groups is 2. The van der Waals surface area contributed by atoms with Crippen LogP contribution in [-0.2, 0) is 6.54 Å². The van der Waals surface area contributed by atoms with E-state index < -0.39 is 0 Å². The molecule has 2 aromatic carbocycles. The number of carbonyl (C=O) groups excluding carboxylic acids is 2. The molecule has 0 atom stereocenters. The first-order chi connectivity index (χ1) is 12.2. The summed E-state index contributed by atoms with van der Waals surface area (Å²) in [6.45, 7) is 0.443. The maximum Gasteiger partial charge on any atom is 0.252 e. The van der Waals surface area contributed by atoms with E-state index in [2.05, 4.69) is 10.6 Å². The van der Waals surface area contributed by atoms with Gasteiger partial charge in [-0.25, -0.2) is 0 Å². The van der Waals surface area contributed by atoms with Crippen LogP contribution >= 0.6 is 0 Å². The van der Waals surface area contributed by atoms with E-state index in [0.717, 1.165) is 31.2 Å². The largest absolute Gasteiger partial charge is 0.349 e. The lowest BCUT2D eigenvalue weighted by molar-refractivity contribution is 0.0902. The van der Waals surface area contributed by atoms with Gasteiger partial charge in [0.15, 0.2) is 0 Å². The van der Waals surface area contributed by atoms with Crippen molar-refractivity contribution < 1.29 is 9.59 Å². The quantitative estimate of drug-likeness (QED) is 0.875. The van der Waals surface area contributed by atoms with Gasteiger partial charge in [0, 0.05) is 12.6 Å². The summed E-state index contributed by atoms with van der Waals surface area (Å²) in [5.74, 6) is -0.379. The first-order valence-electron chi connectivity index (χ1n) is 8.96. The zero-order valence-corrected chi connectivity index (χ0v) is 14.3. The van der Waals surface area contributed by atoms with Crippen LogP contribution in [0.5, 0.6) is 0 Å². The molecule has 0 bridgehead atoms. The number of hydrogen-bond acceptors (Lipinski definition) is 2. The number of rotatable bonds is 5. The molecule has 2 amide bonds. The van der Waals surface area contributed by atoms with Gasteiger partial charge in [0.1, 0.15) is 0 Å². The summed E-state index contributed by atoms with van der Waals surface area (Å²) in [7, 11) is 0. The molecule has 25 heavy (non-hydrogen) atoms. The molecule has 1 aliphatic carbocycles. The normalized spacial score (nSPS) is 14.7. The lowest BCUT2D eigenvalue weighted by Gasteiger charge is -2.23. The molecule has 2 aromatic rings. The Labute approximate surface area is 148 Å². The Hall–Kier alpha value is -2.62. The van der Waals surface area contributed by atoms with Gasteiger partial charge >= 0.3 is 0 Å². The summed E-state index contributed by atoms with van der Waals surface area (Å²) in [6, 6.07) is 17.0. The van der Waals surface area contributed by atoms with Crippen LogP contribution in [0.1, 0.15) is 58.4 Å². The maximum atomic E-state index is 12.6. The van der Waals surface area contributed by atoms with Gasteiger partial charge in [-0.05, 0) is 30.5 Å². The monoisotopic (exact) mass is 336 g/mol. The van der Waals surface area contributed by atoms with Gasteiger partial charge in [-0.1, -0.05) is 61.7 Å². The summed E-state index contributed by atoms with van der Waals surface area (Å²) in [5, 5.41) is 5.98. The second-order valence-electron chi connectivity index (χ2n) is 6.52. The third-order valence-corrected chi connectivity index (χ3v) is 4.65. The minimum Gasteiger partial charge on any atom is -0.349 e. The van der Waals surface area contributed by atoms with Gasteiger partial charge in [0.05, 0.1) is 11.1 Å². The molecule has 0 aromatic heterocycles. The molecular weight excluding hydrogens is 312 g/mol. The average Bonchev–Trinajstić information content (AvgIpc) is 2.67. The molecule has 0 radical (unpaired) electrons. The molecule has 1 saturated carbocycles. The highest BCUT2D eigenvalue weighted by Crippen LogP contribution is 2.18. The first kappa shape index (κ1) is 17.2. The van der Waals surface area contributed by atoms with Crippen LogP contribution in [0.3, 0.4) is 0 Å². The number of nitrogens with one attached hydrogen (secondary N) is 2. The third kappa shape index (κ3) is 4.69. The van der Waals surface area contributed by atoms with Crippen LogP contribution in [0, 0.1) is 0 Å². The Kier molecular flexibility index (Phi) is 5.83. The molecule has 2 N–H and O–H groups in total. The van der Waals surface area contributed by atoms with Crippen LogP contribution in [0.25, 0.3) is 0 Å². The average molecular weight is 336 g/mol. The van der Waals surface area contributed by atoms with E-state index in [-0.39, 0.29) is 17.9 Å². The van der Waals surface area contributed by atoms with Crippen molar-refractivity contribution in [1.82, 2.24) is 10.6 Å². The SMILES string of the molecule is O=C(NCc1ccccc1)c1ccccc1C(=O)NC1CCCCC1. The molecule has 0 heterocycles. The van der Waals surface area contributed by atoms with Gasteiger partial charge in [0.25, 0.3) is 11.8 Å². The Bertz CT molecular complexity index is 722. The minimum absolute atomic E-state index is 0.155. The fourth-order valence-electron chi connectivity index (χ4n) is 3.26. The predicted octanol–water partition coefficient (Wildman–Crippen LogP) is 3.68. The van der Waals surface area contributed by atoms with Crippen LogP contribution in [0.4, 0.5) is 0 Å². The van der Waals surface area contributed by atoms with E-state index in [1.807, 2.05) is 30.3 Å². The summed E-state index contributed by atoms with van der Waals surface area (Å²) in [4.78, 5) is 25.2. The van der Waals surface area contributed by atoms with Gasteiger partial charge in [0.2, 0.25) is 0 Å². The highest BCUT2D eigenvalue weighted by atomic mass is 16.2. The Morgan fingerprint density at radius 3 is 2.08 bits per heavy atom. The molecule has 4 heteroatoms. The number of amides is 2. The molecular formula is C21H24N2O2. The van der Waals surface area contributed by atoms with E-state index in [9.17, 15) is 9.59 Å². The van der Waals surface area contributed by atoms with Crippen molar-refractivity contribution in [3.8, 4) is 0 Å². The fraction of sp³-hybridized carbons (Fsp3) is 0.333.